The highest BCUT2D eigenvalue weighted by molar-refractivity contribution is 5.86. The molecule has 1 aliphatic carbocycles. The molecule has 0 heterocycles. The number of hydrogen-bond acceptors (Lipinski definition) is 4. The average molecular weight is 322 g/mol. The second kappa shape index (κ2) is 9.23. The van der Waals surface area contributed by atoms with Gasteiger partial charge in [-0.1, -0.05) is 27.2 Å². The Kier molecular flexibility index (Phi) is 8.85. The third-order valence-corrected chi connectivity index (χ3v) is 3.96. The van der Waals surface area contributed by atoms with E-state index in [2.05, 4.69) is 31.4 Å². The zero-order valence-electron chi connectivity index (χ0n) is 13.1. The van der Waals surface area contributed by atoms with Crippen LogP contribution in [0.4, 0.5) is 0 Å². The summed E-state index contributed by atoms with van der Waals surface area (Å²) in [6.45, 7) is 6.97. The molecule has 1 saturated carbocycles. The number of carbonyl (C=O) groups is 2. The van der Waals surface area contributed by atoms with Crippen molar-refractivity contribution in [3.63, 3.8) is 0 Å². The van der Waals surface area contributed by atoms with Crippen LogP contribution in [0.15, 0.2) is 0 Å². The highest BCUT2D eigenvalue weighted by Crippen LogP contribution is 2.42. The molecular weight excluding hydrogens is 294 g/mol. The molecule has 21 heavy (non-hydrogen) atoms. The van der Waals surface area contributed by atoms with Crippen molar-refractivity contribution in [3.05, 3.63) is 0 Å². The van der Waals surface area contributed by atoms with Gasteiger partial charge < -0.3 is 21.1 Å². The normalized spacial score (nSPS) is 22.7. The minimum absolute atomic E-state index is 0. The maximum absolute atomic E-state index is 11.7. The lowest BCUT2D eigenvalue weighted by molar-refractivity contribution is -0.138. The van der Waals surface area contributed by atoms with E-state index in [1.807, 2.05) is 0 Å². The molecule has 0 spiro atoms. The average Bonchev–Trinajstić information content (AvgIpc) is 2.42. The lowest BCUT2D eigenvalue weighted by atomic mass is 9.64. The van der Waals surface area contributed by atoms with E-state index in [0.717, 1.165) is 25.9 Å². The molecule has 0 aromatic rings. The van der Waals surface area contributed by atoms with Gasteiger partial charge in [-0.25, -0.2) is 0 Å². The van der Waals surface area contributed by atoms with Gasteiger partial charge in [0.25, 0.3) is 0 Å². The van der Waals surface area contributed by atoms with Crippen LogP contribution in [0.2, 0.25) is 0 Å². The van der Waals surface area contributed by atoms with Crippen molar-refractivity contribution in [2.24, 2.45) is 11.1 Å². The van der Waals surface area contributed by atoms with Gasteiger partial charge in [-0.3, -0.25) is 9.59 Å². The highest BCUT2D eigenvalue weighted by Gasteiger charge is 2.49. The molecule has 2 amide bonds. The smallest absolute Gasteiger partial charge is 0.239 e. The van der Waals surface area contributed by atoms with Crippen LogP contribution in [0.1, 0.15) is 40.0 Å². The van der Waals surface area contributed by atoms with E-state index < -0.39 is 0 Å². The number of unbranched alkanes of at least 4 members (excludes halogenated alkanes) is 1. The van der Waals surface area contributed by atoms with E-state index in [1.54, 1.807) is 0 Å². The summed E-state index contributed by atoms with van der Waals surface area (Å²) in [5.41, 5.74) is 5.09. The standard InChI is InChI=1S/C14H27N3O3.ClH/c1-4-5-6-20-11-7-10(14(11,2)3)17-13(19)9-16-12(18)8-15;/h10-11H,4-9,15H2,1-3H3,(H,16,18)(H,17,19);1H. The van der Waals surface area contributed by atoms with Gasteiger partial charge in [-0.2, -0.15) is 0 Å². The highest BCUT2D eigenvalue weighted by atomic mass is 35.5. The number of nitrogens with one attached hydrogen (secondary N) is 2. The molecule has 0 radical (unpaired) electrons. The minimum atomic E-state index is -0.325. The first-order chi connectivity index (χ1) is 9.41. The van der Waals surface area contributed by atoms with E-state index in [9.17, 15) is 9.59 Å². The van der Waals surface area contributed by atoms with E-state index in [0.29, 0.717) is 0 Å². The molecule has 1 fully saturated rings. The second-order valence-corrected chi connectivity index (χ2v) is 5.87. The fourth-order valence-corrected chi connectivity index (χ4v) is 2.28. The van der Waals surface area contributed by atoms with Crippen LogP contribution in [-0.4, -0.2) is 43.7 Å². The van der Waals surface area contributed by atoms with E-state index in [1.165, 1.54) is 0 Å². The van der Waals surface area contributed by atoms with Crippen LogP contribution in [0.5, 0.6) is 0 Å². The Labute approximate surface area is 133 Å². The topological polar surface area (TPSA) is 93.5 Å². The lowest BCUT2D eigenvalue weighted by Gasteiger charge is -2.51. The summed E-state index contributed by atoms with van der Waals surface area (Å²) in [5, 5.41) is 5.39. The van der Waals surface area contributed by atoms with Crippen molar-refractivity contribution in [1.82, 2.24) is 10.6 Å². The van der Waals surface area contributed by atoms with E-state index in [4.69, 9.17) is 10.5 Å². The fourth-order valence-electron chi connectivity index (χ4n) is 2.28. The van der Waals surface area contributed by atoms with E-state index >= 15 is 0 Å². The zero-order chi connectivity index (χ0) is 15.2. The zero-order valence-corrected chi connectivity index (χ0v) is 13.9. The van der Waals surface area contributed by atoms with Crippen molar-refractivity contribution >= 4 is 24.2 Å². The number of rotatable bonds is 8. The Hall–Kier alpha value is -0.850. The minimum Gasteiger partial charge on any atom is -0.378 e. The van der Waals surface area contributed by atoms with Crippen molar-refractivity contribution in [1.29, 1.82) is 0 Å². The number of carbonyl (C=O) groups excluding carboxylic acids is 2. The third kappa shape index (κ3) is 5.80. The molecule has 1 aliphatic rings. The number of nitrogens with two attached hydrogens (primary N) is 1. The molecule has 7 heteroatoms. The summed E-state index contributed by atoms with van der Waals surface area (Å²) in [6.07, 6.45) is 3.20. The van der Waals surface area contributed by atoms with Crippen molar-refractivity contribution in [3.8, 4) is 0 Å². The first-order valence-corrected chi connectivity index (χ1v) is 7.29. The van der Waals surface area contributed by atoms with Crippen LogP contribution in [0, 0.1) is 5.41 Å². The summed E-state index contributed by atoms with van der Waals surface area (Å²) < 4.78 is 5.82. The SMILES string of the molecule is CCCCOC1CC(NC(=O)CNC(=O)CN)C1(C)C.Cl. The number of halogens is 1. The van der Waals surface area contributed by atoms with Gasteiger partial charge in [-0.05, 0) is 12.8 Å². The monoisotopic (exact) mass is 321 g/mol. The summed E-state index contributed by atoms with van der Waals surface area (Å²) in [4.78, 5) is 22.7. The van der Waals surface area contributed by atoms with Gasteiger partial charge >= 0.3 is 0 Å². The van der Waals surface area contributed by atoms with Crippen molar-refractivity contribution in [2.75, 3.05) is 19.7 Å². The predicted octanol–water partition coefficient (Wildman–Crippen LogP) is 0.583. The Bertz CT molecular complexity index is 350. The fraction of sp³-hybridized carbons (Fsp3) is 0.857. The molecule has 0 aromatic carbocycles. The molecule has 4 N–H and O–H groups in total. The molecule has 6 nitrogen and oxygen atoms in total. The third-order valence-electron chi connectivity index (χ3n) is 3.96. The molecule has 0 aliphatic heterocycles. The van der Waals surface area contributed by atoms with Crippen LogP contribution in [0.3, 0.4) is 0 Å². The van der Waals surface area contributed by atoms with Crippen molar-refractivity contribution < 1.29 is 14.3 Å². The molecule has 124 valence electrons. The Balaban J connectivity index is 0.00000400. The van der Waals surface area contributed by atoms with Gasteiger partial charge in [-0.15, -0.1) is 12.4 Å². The molecular formula is C14H28ClN3O3. The number of hydrogen-bond donors (Lipinski definition) is 3. The first-order valence-electron chi connectivity index (χ1n) is 7.29. The second-order valence-electron chi connectivity index (χ2n) is 5.87. The van der Waals surface area contributed by atoms with Gasteiger partial charge in [0.1, 0.15) is 0 Å². The van der Waals surface area contributed by atoms with Gasteiger partial charge in [0.15, 0.2) is 0 Å². The first kappa shape index (κ1) is 20.1. The van der Waals surface area contributed by atoms with Crippen LogP contribution < -0.4 is 16.4 Å². The van der Waals surface area contributed by atoms with Crippen molar-refractivity contribution in [2.45, 2.75) is 52.2 Å². The predicted molar refractivity (Wildman–Crippen MR) is 84.3 cm³/mol. The maximum Gasteiger partial charge on any atom is 0.239 e. The van der Waals surface area contributed by atoms with Crippen LogP contribution in [0.25, 0.3) is 0 Å². The Morgan fingerprint density at radius 3 is 2.52 bits per heavy atom. The summed E-state index contributed by atoms with van der Waals surface area (Å²) >= 11 is 0. The van der Waals surface area contributed by atoms with Crippen LogP contribution >= 0.6 is 12.4 Å². The quantitative estimate of drug-likeness (QED) is 0.570. The molecule has 0 bridgehead atoms. The summed E-state index contributed by atoms with van der Waals surface area (Å²) in [7, 11) is 0. The molecule has 0 saturated heterocycles. The maximum atomic E-state index is 11.7. The van der Waals surface area contributed by atoms with E-state index in [-0.39, 0.29) is 54.9 Å². The molecule has 2 unspecified atom stereocenters. The Morgan fingerprint density at radius 1 is 1.33 bits per heavy atom. The Morgan fingerprint density at radius 2 is 2.00 bits per heavy atom. The summed E-state index contributed by atoms with van der Waals surface area (Å²) in [6, 6.07) is 0.0939. The molecule has 0 aromatic heterocycles. The lowest BCUT2D eigenvalue weighted by Crippen LogP contribution is -2.63. The van der Waals surface area contributed by atoms with Crippen LogP contribution in [-0.2, 0) is 14.3 Å². The molecule has 1 rings (SSSR count). The number of amides is 2. The van der Waals surface area contributed by atoms with Gasteiger partial charge in [0, 0.05) is 18.1 Å². The van der Waals surface area contributed by atoms with Gasteiger partial charge in [0.05, 0.1) is 19.2 Å². The van der Waals surface area contributed by atoms with Gasteiger partial charge in [0.2, 0.25) is 11.8 Å². The largest absolute Gasteiger partial charge is 0.378 e. The molecule has 2 atom stereocenters. The summed E-state index contributed by atoms with van der Waals surface area (Å²) in [5.74, 6) is -0.509. The number of ether oxygens (including phenoxy) is 1.